The van der Waals surface area contributed by atoms with Crippen LogP contribution in [0.25, 0.3) is 89.5 Å². The van der Waals surface area contributed by atoms with Crippen molar-refractivity contribution in [3.05, 3.63) is 176 Å². The zero-order valence-electron chi connectivity index (χ0n) is 36.6. The Morgan fingerprint density at radius 3 is 1.47 bits per heavy atom. The van der Waals surface area contributed by atoms with Crippen molar-refractivity contribution in [2.75, 3.05) is 0 Å². The second kappa shape index (κ2) is 12.2. The van der Waals surface area contributed by atoms with Crippen LogP contribution in [0.5, 0.6) is 0 Å². The van der Waals surface area contributed by atoms with Gasteiger partial charge in [-0.05, 0) is 51.5 Å². The van der Waals surface area contributed by atoms with Crippen LogP contribution in [0.1, 0.15) is 15.1 Å². The largest absolute Gasteiger partial charge is 0.456 e. The van der Waals surface area contributed by atoms with E-state index in [4.69, 9.17) is 31.7 Å². The first-order valence-electron chi connectivity index (χ1n) is 21.0. The highest BCUT2D eigenvalue weighted by Gasteiger charge is 2.18. The highest BCUT2D eigenvalue weighted by Crippen LogP contribution is 2.40. The van der Waals surface area contributed by atoms with Crippen LogP contribution in [0.2, 0.25) is 0 Å². The van der Waals surface area contributed by atoms with Crippen LogP contribution in [0, 0.1) is 0 Å². The molecule has 4 nitrogen and oxygen atoms in total. The number of hydrogen-bond acceptors (Lipinski definition) is 4. The van der Waals surface area contributed by atoms with Gasteiger partial charge in [0.05, 0.1) is 15.1 Å². The molecule has 7 aromatic carbocycles. The SMILES string of the molecule is [2H]c1c([2H])c([2H])c(-c2c([2H])c(-c3nc(-c4ccccc4)nc(-c4ccc(-c5ccc(-c6ccccc6)cc5)cc4)n3)c([2H])c3oc4c([2H])c([2H])c([2H])c([2H])c4c23)c([2H])c1[2H]. The summed E-state index contributed by atoms with van der Waals surface area (Å²) in [6.07, 6.45) is 0. The molecule has 0 saturated carbocycles. The van der Waals surface area contributed by atoms with Crippen LogP contribution in [0.4, 0.5) is 0 Å². The van der Waals surface area contributed by atoms with Crippen molar-refractivity contribution in [2.24, 2.45) is 0 Å². The number of nitrogens with zero attached hydrogens (tertiary/aromatic N) is 3. The summed E-state index contributed by atoms with van der Waals surface area (Å²) in [5.74, 6) is 0.228. The molecule has 230 valence electrons. The Labute approximate surface area is 299 Å². The van der Waals surface area contributed by atoms with Gasteiger partial charge in [-0.3, -0.25) is 0 Å². The third-order valence-electron chi connectivity index (χ3n) is 8.18. The summed E-state index contributed by atoms with van der Waals surface area (Å²) in [6, 6.07) is 28.2. The molecule has 0 N–H and O–H groups in total. The Hall–Kier alpha value is -6.65. The topological polar surface area (TPSA) is 51.8 Å². The third-order valence-corrected chi connectivity index (χ3v) is 8.18. The molecule has 9 aromatic rings. The predicted molar refractivity (Wildman–Crippen MR) is 200 cm³/mol. The molecule has 0 bridgehead atoms. The van der Waals surface area contributed by atoms with Gasteiger partial charge in [0.1, 0.15) is 11.2 Å². The van der Waals surface area contributed by atoms with E-state index in [-0.39, 0.29) is 50.5 Å². The molecule has 0 amide bonds. The average molecular weight is 639 g/mol. The van der Waals surface area contributed by atoms with E-state index in [0.717, 1.165) is 22.3 Å². The first kappa shape index (κ1) is 19.2. The summed E-state index contributed by atoms with van der Waals surface area (Å²) >= 11 is 0. The zero-order valence-corrected chi connectivity index (χ0v) is 25.6. The highest BCUT2D eigenvalue weighted by molar-refractivity contribution is 6.13. The van der Waals surface area contributed by atoms with E-state index >= 15 is 0 Å². The molecular weight excluding hydrogens is 599 g/mol. The lowest BCUT2D eigenvalue weighted by atomic mass is 9.97. The maximum atomic E-state index is 9.72. The van der Waals surface area contributed by atoms with E-state index < -0.39 is 72.0 Å². The fraction of sp³-hybridized carbons (Fsp3) is 0. The number of furan rings is 1. The van der Waals surface area contributed by atoms with Gasteiger partial charge in [0, 0.05) is 27.5 Å². The van der Waals surface area contributed by atoms with Crippen molar-refractivity contribution >= 4 is 21.9 Å². The van der Waals surface area contributed by atoms with E-state index in [1.54, 1.807) is 24.3 Å². The Bertz CT molecular complexity index is 3170. The van der Waals surface area contributed by atoms with Gasteiger partial charge in [-0.15, -0.1) is 0 Å². The standard InChI is InChI=1S/C45H29N3O/c1-4-12-30(13-5-1)31-20-22-32(23-21-31)33-24-26-36(27-25-33)44-46-43(35-16-8-3-9-17-35)47-45(48-44)37-28-39(34-14-6-2-7-15-34)42-38-18-10-11-19-40(38)49-41(42)29-37/h1-29H/i2D,6D,7D,10D,11D,14D,15D,18D,19D,28D,29D. The normalized spacial score (nSPS) is 14.4. The summed E-state index contributed by atoms with van der Waals surface area (Å²) in [7, 11) is 0. The quantitative estimate of drug-likeness (QED) is 0.182. The number of benzene rings is 7. The monoisotopic (exact) mass is 638 g/mol. The van der Waals surface area contributed by atoms with Crippen molar-refractivity contribution in [3.8, 4) is 67.5 Å². The molecule has 0 radical (unpaired) electrons. The van der Waals surface area contributed by atoms with Gasteiger partial charge in [-0.25, -0.2) is 15.0 Å². The smallest absolute Gasteiger partial charge is 0.164 e. The minimum Gasteiger partial charge on any atom is -0.456 e. The van der Waals surface area contributed by atoms with Gasteiger partial charge in [-0.1, -0.05) is 158 Å². The Balaban J connectivity index is 1.29. The van der Waals surface area contributed by atoms with E-state index in [2.05, 4.69) is 24.3 Å². The van der Waals surface area contributed by atoms with Gasteiger partial charge in [0.25, 0.3) is 0 Å². The Kier molecular flexibility index (Phi) is 4.78. The first-order chi connectivity index (χ1) is 28.8. The van der Waals surface area contributed by atoms with Crippen LogP contribution in [-0.4, -0.2) is 15.0 Å². The molecule has 0 fully saturated rings. The van der Waals surface area contributed by atoms with Gasteiger partial charge in [-0.2, -0.15) is 0 Å². The number of para-hydroxylation sites is 1. The number of hydrogen-bond donors (Lipinski definition) is 0. The molecule has 9 rings (SSSR count). The zero-order chi connectivity index (χ0) is 42.1. The van der Waals surface area contributed by atoms with Crippen LogP contribution in [0.15, 0.2) is 180 Å². The van der Waals surface area contributed by atoms with Gasteiger partial charge in [0.2, 0.25) is 0 Å². The van der Waals surface area contributed by atoms with Crippen molar-refractivity contribution in [2.45, 2.75) is 0 Å². The molecule has 0 aliphatic rings. The minimum atomic E-state index is -0.686. The molecule has 0 aliphatic carbocycles. The summed E-state index contributed by atoms with van der Waals surface area (Å²) in [4.78, 5) is 14.3. The lowest BCUT2D eigenvalue weighted by Gasteiger charge is -2.11. The van der Waals surface area contributed by atoms with Crippen molar-refractivity contribution in [1.82, 2.24) is 15.0 Å². The number of aromatic nitrogens is 3. The summed E-state index contributed by atoms with van der Waals surface area (Å²) in [5.41, 5.74) is 3.69. The van der Waals surface area contributed by atoms with Crippen LogP contribution in [-0.2, 0) is 0 Å². The van der Waals surface area contributed by atoms with Crippen LogP contribution >= 0.6 is 0 Å². The number of rotatable bonds is 6. The molecule has 49 heavy (non-hydrogen) atoms. The van der Waals surface area contributed by atoms with Crippen molar-refractivity contribution in [1.29, 1.82) is 0 Å². The average Bonchev–Trinajstić information content (AvgIpc) is 3.69. The lowest BCUT2D eigenvalue weighted by molar-refractivity contribution is 0.669. The fourth-order valence-corrected chi connectivity index (χ4v) is 5.78. The highest BCUT2D eigenvalue weighted by atomic mass is 16.3. The Morgan fingerprint density at radius 2 is 0.857 bits per heavy atom. The minimum absolute atomic E-state index is 0.162. The maximum absolute atomic E-state index is 9.72. The van der Waals surface area contributed by atoms with Crippen LogP contribution in [0.3, 0.4) is 0 Å². The third kappa shape index (κ3) is 5.45. The van der Waals surface area contributed by atoms with E-state index in [9.17, 15) is 2.74 Å². The number of fused-ring (bicyclic) bond motifs is 3. The lowest BCUT2D eigenvalue weighted by Crippen LogP contribution is -2.00. The van der Waals surface area contributed by atoms with E-state index in [1.807, 2.05) is 60.7 Å². The fourth-order valence-electron chi connectivity index (χ4n) is 5.78. The van der Waals surface area contributed by atoms with Gasteiger partial charge >= 0.3 is 0 Å². The maximum Gasteiger partial charge on any atom is 0.164 e. The molecule has 0 atom stereocenters. The molecule has 0 spiro atoms. The molecule has 0 unspecified atom stereocenters. The molecule has 0 saturated heterocycles. The van der Waals surface area contributed by atoms with E-state index in [0.29, 0.717) is 11.1 Å². The second-order valence-corrected chi connectivity index (χ2v) is 11.2. The molecule has 4 heteroatoms. The molecule has 0 aliphatic heterocycles. The van der Waals surface area contributed by atoms with Crippen LogP contribution < -0.4 is 0 Å². The van der Waals surface area contributed by atoms with Crippen molar-refractivity contribution in [3.63, 3.8) is 0 Å². The molecular formula is C45H29N3O. The summed E-state index contributed by atoms with van der Waals surface area (Å²) in [6.45, 7) is 0. The van der Waals surface area contributed by atoms with E-state index in [1.165, 1.54) is 0 Å². The van der Waals surface area contributed by atoms with Gasteiger partial charge < -0.3 is 4.42 Å². The van der Waals surface area contributed by atoms with Gasteiger partial charge in [0.15, 0.2) is 17.5 Å². The summed E-state index contributed by atoms with van der Waals surface area (Å²) in [5, 5.41) is -0.387. The molecule has 2 heterocycles. The second-order valence-electron chi connectivity index (χ2n) is 11.2. The Morgan fingerprint density at radius 1 is 0.388 bits per heavy atom. The first-order valence-corrected chi connectivity index (χ1v) is 15.5. The predicted octanol–water partition coefficient (Wildman–Crippen LogP) is 11.8. The summed E-state index contributed by atoms with van der Waals surface area (Å²) < 4.78 is 102. The molecule has 2 aromatic heterocycles. The van der Waals surface area contributed by atoms with Crippen molar-refractivity contribution < 1.29 is 19.5 Å².